The van der Waals surface area contributed by atoms with Gasteiger partial charge in [-0.25, -0.2) is 8.78 Å². The van der Waals surface area contributed by atoms with Crippen molar-refractivity contribution in [2.24, 2.45) is 0 Å². The summed E-state index contributed by atoms with van der Waals surface area (Å²) in [5.74, 6) is -1.53. The van der Waals surface area contributed by atoms with Crippen LogP contribution in [-0.4, -0.2) is 37.6 Å². The summed E-state index contributed by atoms with van der Waals surface area (Å²) in [6, 6.07) is 14.0. The average Bonchev–Trinajstić information content (AvgIpc) is 2.95. The molecule has 0 saturated carbocycles. The van der Waals surface area contributed by atoms with Crippen molar-refractivity contribution in [1.82, 2.24) is 10.3 Å². The quantitative estimate of drug-likeness (QED) is 0.128. The Bertz CT molecular complexity index is 1620. The predicted molar refractivity (Wildman–Crippen MR) is 151 cm³/mol. The number of fused-ring (bicyclic) bond motifs is 1. The van der Waals surface area contributed by atoms with Gasteiger partial charge in [-0.1, -0.05) is 0 Å². The number of nitrogens with one attached hydrogen (secondary N) is 3. The number of hydrogen-bond acceptors (Lipinski definition) is 7. The lowest BCUT2D eigenvalue weighted by Crippen LogP contribution is -2.29. The minimum Gasteiger partial charge on any atom is -0.493 e. The summed E-state index contributed by atoms with van der Waals surface area (Å²) in [6.07, 6.45) is 1.52. The first kappa shape index (κ1) is 28.8. The van der Waals surface area contributed by atoms with E-state index in [4.69, 9.17) is 14.2 Å². The molecule has 212 valence electrons. The third-order valence-electron chi connectivity index (χ3n) is 5.99. The van der Waals surface area contributed by atoms with Gasteiger partial charge in [0.1, 0.15) is 17.1 Å². The van der Waals surface area contributed by atoms with E-state index in [1.165, 1.54) is 56.8 Å². The molecule has 9 nitrogen and oxygen atoms in total. The second-order valence-corrected chi connectivity index (χ2v) is 8.73. The highest BCUT2D eigenvalue weighted by Crippen LogP contribution is 2.37. The van der Waals surface area contributed by atoms with Crippen molar-refractivity contribution in [2.45, 2.75) is 13.8 Å². The van der Waals surface area contributed by atoms with Crippen LogP contribution in [0.1, 0.15) is 13.8 Å². The smallest absolute Gasteiger partial charge is 0.263 e. The summed E-state index contributed by atoms with van der Waals surface area (Å²) in [4.78, 5) is 30.4. The highest BCUT2D eigenvalue weighted by atomic mass is 19.1. The first-order valence-corrected chi connectivity index (χ1v) is 12.5. The van der Waals surface area contributed by atoms with Gasteiger partial charge >= 0.3 is 0 Å². The molecular weight excluding hydrogens is 534 g/mol. The number of amides is 2. The van der Waals surface area contributed by atoms with Gasteiger partial charge in [0, 0.05) is 47.3 Å². The second kappa shape index (κ2) is 12.8. The van der Waals surface area contributed by atoms with Crippen molar-refractivity contribution in [3.8, 4) is 23.0 Å². The third kappa shape index (κ3) is 6.70. The summed E-state index contributed by atoms with van der Waals surface area (Å²) >= 11 is 0. The maximum Gasteiger partial charge on any atom is 0.263 e. The molecule has 0 radical (unpaired) electrons. The first-order chi connectivity index (χ1) is 19.7. The number of halogens is 2. The highest BCUT2D eigenvalue weighted by molar-refractivity contribution is 6.26. The summed E-state index contributed by atoms with van der Waals surface area (Å²) in [6.45, 7) is 3.84. The molecule has 0 bridgehead atoms. The number of methoxy groups -OCH3 is 2. The lowest BCUT2D eigenvalue weighted by atomic mass is 10.1. The number of nitrogens with zero attached hydrogens (tertiary/aromatic N) is 1. The number of ether oxygens (including phenoxy) is 3. The van der Waals surface area contributed by atoms with Crippen molar-refractivity contribution in [1.29, 1.82) is 0 Å². The van der Waals surface area contributed by atoms with E-state index in [1.54, 1.807) is 25.1 Å². The Morgan fingerprint density at radius 1 is 0.805 bits per heavy atom. The van der Waals surface area contributed by atoms with Crippen LogP contribution in [0.5, 0.6) is 23.0 Å². The van der Waals surface area contributed by atoms with E-state index in [2.05, 4.69) is 20.9 Å². The molecule has 0 aliphatic heterocycles. The zero-order valence-electron chi connectivity index (χ0n) is 22.8. The van der Waals surface area contributed by atoms with Gasteiger partial charge in [0.25, 0.3) is 11.8 Å². The largest absolute Gasteiger partial charge is 0.493 e. The fraction of sp³-hybridized carbons (Fsp3) is 0.167. The minimum absolute atomic E-state index is 0.0982. The SMILES string of the molecule is CCN/C(C)=C(\C(=O)Nc1ccc(F)cc1)C(=O)Nc1ccc(Oc2ccnc3cc(OC)c(OC)cc23)c(F)c1. The summed E-state index contributed by atoms with van der Waals surface area (Å²) < 4.78 is 44.9. The number of aromatic nitrogens is 1. The molecule has 0 atom stereocenters. The van der Waals surface area contributed by atoms with Crippen molar-refractivity contribution in [3.05, 3.63) is 89.8 Å². The molecule has 2 amide bonds. The van der Waals surface area contributed by atoms with Crippen molar-refractivity contribution in [3.63, 3.8) is 0 Å². The average molecular weight is 563 g/mol. The molecule has 3 aromatic carbocycles. The van der Waals surface area contributed by atoms with Crippen LogP contribution in [0.4, 0.5) is 20.2 Å². The number of pyridine rings is 1. The molecule has 0 spiro atoms. The summed E-state index contributed by atoms with van der Waals surface area (Å²) in [7, 11) is 3.01. The number of anilines is 2. The Balaban J connectivity index is 1.56. The molecule has 4 rings (SSSR count). The normalized spacial score (nSPS) is 11.4. The maximum atomic E-state index is 15.1. The topological polar surface area (TPSA) is 111 Å². The summed E-state index contributed by atoms with van der Waals surface area (Å²) in [5.41, 5.74) is 1.05. The van der Waals surface area contributed by atoms with Gasteiger partial charge in [-0.3, -0.25) is 14.6 Å². The number of carbonyl (C=O) groups excluding carboxylic acids is 2. The number of hydrogen-bond donors (Lipinski definition) is 3. The van der Waals surface area contributed by atoms with E-state index < -0.39 is 23.4 Å². The van der Waals surface area contributed by atoms with Crippen LogP contribution in [0.2, 0.25) is 0 Å². The van der Waals surface area contributed by atoms with E-state index in [-0.39, 0.29) is 17.0 Å². The standard InChI is InChI=1S/C30H28F2N4O5/c1-5-33-17(2)28(29(37)35-19-8-6-18(31)7-9-19)30(38)36-20-10-11-25(22(32)14-20)41-24-12-13-34-23-16-27(40-4)26(39-3)15-21(23)24/h6-16,33H,5H2,1-4H3,(H,35,37)(H,36,38)/b28-17+. The Kier molecular flexibility index (Phi) is 8.98. The van der Waals surface area contributed by atoms with Gasteiger partial charge in [-0.15, -0.1) is 0 Å². The fourth-order valence-corrected chi connectivity index (χ4v) is 4.03. The van der Waals surface area contributed by atoms with E-state index >= 15 is 4.39 Å². The van der Waals surface area contributed by atoms with Gasteiger partial charge in [-0.2, -0.15) is 0 Å². The molecule has 3 N–H and O–H groups in total. The van der Waals surface area contributed by atoms with Gasteiger partial charge in [-0.05, 0) is 62.4 Å². The van der Waals surface area contributed by atoms with Crippen LogP contribution in [0, 0.1) is 11.6 Å². The number of carbonyl (C=O) groups is 2. The molecule has 0 saturated heterocycles. The van der Waals surface area contributed by atoms with Crippen molar-refractivity contribution in [2.75, 3.05) is 31.4 Å². The Hall–Kier alpha value is -5.19. The molecule has 0 aliphatic carbocycles. The van der Waals surface area contributed by atoms with Gasteiger partial charge in [0.05, 0.1) is 19.7 Å². The lowest BCUT2D eigenvalue weighted by molar-refractivity contribution is -0.118. The monoisotopic (exact) mass is 562 g/mol. The fourth-order valence-electron chi connectivity index (χ4n) is 4.03. The van der Waals surface area contributed by atoms with Crippen LogP contribution in [0.15, 0.2) is 78.1 Å². The van der Waals surface area contributed by atoms with Gasteiger partial charge in [0.15, 0.2) is 23.1 Å². The Morgan fingerprint density at radius 2 is 1.44 bits per heavy atom. The first-order valence-electron chi connectivity index (χ1n) is 12.5. The van der Waals surface area contributed by atoms with E-state index in [0.29, 0.717) is 46.1 Å². The second-order valence-electron chi connectivity index (χ2n) is 8.73. The number of benzene rings is 3. The molecule has 1 heterocycles. The van der Waals surface area contributed by atoms with E-state index in [0.717, 1.165) is 6.07 Å². The minimum atomic E-state index is -0.766. The molecule has 0 fully saturated rings. The lowest BCUT2D eigenvalue weighted by Gasteiger charge is -2.15. The van der Waals surface area contributed by atoms with Crippen molar-refractivity contribution < 1.29 is 32.6 Å². The molecule has 1 aromatic heterocycles. The zero-order valence-corrected chi connectivity index (χ0v) is 22.8. The molecular formula is C30H28F2N4O5. The number of allylic oxidation sites excluding steroid dienone is 1. The molecule has 4 aromatic rings. The highest BCUT2D eigenvalue weighted by Gasteiger charge is 2.23. The third-order valence-corrected chi connectivity index (χ3v) is 5.99. The van der Waals surface area contributed by atoms with Crippen LogP contribution >= 0.6 is 0 Å². The predicted octanol–water partition coefficient (Wildman–Crippen LogP) is 5.78. The molecule has 11 heteroatoms. The van der Waals surface area contributed by atoms with Crippen molar-refractivity contribution >= 4 is 34.1 Å². The molecule has 0 unspecified atom stereocenters. The Labute approximate surface area is 235 Å². The van der Waals surface area contributed by atoms with Crippen LogP contribution in [-0.2, 0) is 9.59 Å². The Morgan fingerprint density at radius 3 is 2.07 bits per heavy atom. The van der Waals surface area contributed by atoms with Gasteiger partial charge in [0.2, 0.25) is 0 Å². The van der Waals surface area contributed by atoms with Crippen LogP contribution in [0.25, 0.3) is 10.9 Å². The zero-order chi connectivity index (χ0) is 29.5. The summed E-state index contributed by atoms with van der Waals surface area (Å²) in [5, 5.41) is 8.65. The van der Waals surface area contributed by atoms with Crippen LogP contribution in [0.3, 0.4) is 0 Å². The number of rotatable bonds is 10. The van der Waals surface area contributed by atoms with E-state index in [1.807, 2.05) is 6.92 Å². The van der Waals surface area contributed by atoms with E-state index in [9.17, 15) is 14.0 Å². The van der Waals surface area contributed by atoms with Gasteiger partial charge < -0.3 is 30.2 Å². The molecule has 41 heavy (non-hydrogen) atoms. The maximum absolute atomic E-state index is 15.1. The van der Waals surface area contributed by atoms with Crippen LogP contribution < -0.4 is 30.2 Å². The molecule has 0 aliphatic rings.